The summed E-state index contributed by atoms with van der Waals surface area (Å²) in [6.07, 6.45) is 8.49. The first-order chi connectivity index (χ1) is 19.5. The molecule has 214 valence electrons. The van der Waals surface area contributed by atoms with Crippen LogP contribution in [0.1, 0.15) is 67.9 Å². The number of likely N-dealkylation sites (tertiary alicyclic amines) is 1. The lowest BCUT2D eigenvalue weighted by Gasteiger charge is -2.52. The number of carboxylic acid groups (broad SMARTS) is 1. The smallest absolute Gasteiger partial charge is 0.335 e. The van der Waals surface area contributed by atoms with E-state index in [2.05, 4.69) is 51.6 Å². The molecule has 0 unspecified atom stereocenters. The number of nitrogens with zero attached hydrogens (tertiary/aromatic N) is 2. The second-order valence-corrected chi connectivity index (χ2v) is 12.5. The summed E-state index contributed by atoms with van der Waals surface area (Å²) in [4.78, 5) is 42.4. The maximum atomic E-state index is 14.5. The van der Waals surface area contributed by atoms with Gasteiger partial charge >= 0.3 is 5.97 Å². The van der Waals surface area contributed by atoms with Gasteiger partial charge in [0.2, 0.25) is 11.8 Å². The van der Waals surface area contributed by atoms with Gasteiger partial charge in [-0.1, -0.05) is 87.0 Å². The monoisotopic (exact) mass is 552 g/mol. The van der Waals surface area contributed by atoms with Crippen LogP contribution in [0.5, 0.6) is 0 Å². The summed E-state index contributed by atoms with van der Waals surface area (Å²) >= 11 is 0. The largest absolute Gasteiger partial charge is 0.478 e. The maximum absolute atomic E-state index is 14.5. The molecule has 0 bridgehead atoms. The van der Waals surface area contributed by atoms with Crippen LogP contribution >= 0.6 is 0 Å². The van der Waals surface area contributed by atoms with Crippen molar-refractivity contribution >= 4 is 23.4 Å². The molecule has 2 heterocycles. The summed E-state index contributed by atoms with van der Waals surface area (Å²) in [7, 11) is 0. The van der Waals surface area contributed by atoms with E-state index in [0.717, 1.165) is 17.5 Å². The van der Waals surface area contributed by atoms with Crippen LogP contribution < -0.4 is 0 Å². The van der Waals surface area contributed by atoms with Crippen molar-refractivity contribution in [2.75, 3.05) is 26.2 Å². The first-order valence-electron chi connectivity index (χ1n) is 14.5. The molecule has 1 saturated heterocycles. The van der Waals surface area contributed by atoms with Gasteiger partial charge in [0.15, 0.2) is 0 Å². The van der Waals surface area contributed by atoms with Crippen LogP contribution in [0.3, 0.4) is 0 Å². The van der Waals surface area contributed by atoms with Crippen LogP contribution in [0.2, 0.25) is 0 Å². The van der Waals surface area contributed by atoms with Gasteiger partial charge in [-0.3, -0.25) is 9.59 Å². The number of aromatic carboxylic acids is 1. The third-order valence-electron chi connectivity index (χ3n) is 9.56. The number of allylic oxidation sites excluding steroid dienone is 2. The number of amides is 2. The number of carbonyl (C=O) groups excluding carboxylic acids is 2. The van der Waals surface area contributed by atoms with Crippen LogP contribution in [0, 0.1) is 10.8 Å². The van der Waals surface area contributed by atoms with Crippen LogP contribution in [-0.4, -0.2) is 58.9 Å². The summed E-state index contributed by atoms with van der Waals surface area (Å²) in [5.41, 5.74) is 3.72. The minimum atomic E-state index is -0.928. The minimum Gasteiger partial charge on any atom is -0.478 e. The molecule has 0 saturated carbocycles. The highest BCUT2D eigenvalue weighted by molar-refractivity contribution is 5.90. The van der Waals surface area contributed by atoms with Crippen LogP contribution in [-0.2, 0) is 15.0 Å². The molecule has 0 radical (unpaired) electrons. The van der Waals surface area contributed by atoms with E-state index in [1.165, 1.54) is 11.1 Å². The zero-order valence-corrected chi connectivity index (χ0v) is 24.4. The van der Waals surface area contributed by atoms with E-state index in [9.17, 15) is 19.5 Å². The molecule has 1 atom stereocenters. The second kappa shape index (κ2) is 10.8. The normalized spacial score (nSPS) is 23.1. The Kier molecular flexibility index (Phi) is 7.54. The topological polar surface area (TPSA) is 77.9 Å². The Morgan fingerprint density at radius 2 is 1.59 bits per heavy atom. The Morgan fingerprint density at radius 3 is 2.20 bits per heavy atom. The van der Waals surface area contributed by atoms with E-state index in [4.69, 9.17) is 0 Å². The third-order valence-corrected chi connectivity index (χ3v) is 9.56. The number of rotatable bonds is 6. The van der Waals surface area contributed by atoms with Crippen molar-refractivity contribution in [3.63, 3.8) is 0 Å². The number of hydrogen-bond donors (Lipinski definition) is 1. The number of benzene rings is 2. The fraction of sp³-hybridized carbons (Fsp3) is 0.400. The zero-order valence-electron chi connectivity index (χ0n) is 24.4. The predicted molar refractivity (Wildman–Crippen MR) is 161 cm³/mol. The molecule has 0 spiro atoms. The van der Waals surface area contributed by atoms with E-state index < -0.39 is 11.4 Å². The lowest BCUT2D eigenvalue weighted by atomic mass is 9.58. The second-order valence-electron chi connectivity index (χ2n) is 12.5. The standard InChI is InChI=1S/C35H40N2O4/c1-5-9-30(38)36-22-19-35(20-23-36,27-10-7-6-8-11-27)32(41)37-21-17-29-33(2,3)28(16-18-34(29,4)24-37)25-12-14-26(15-13-25)31(39)40/h5-8,10-17H,1,9,18-24H2,2-4H3,(H,39,40)/t34-/m1/s1. The number of hydrogen-bond acceptors (Lipinski definition) is 3. The summed E-state index contributed by atoms with van der Waals surface area (Å²) in [5.74, 6) is -0.715. The highest BCUT2D eigenvalue weighted by Crippen LogP contribution is 2.55. The van der Waals surface area contributed by atoms with Crippen molar-refractivity contribution in [1.29, 1.82) is 0 Å². The van der Waals surface area contributed by atoms with Crippen molar-refractivity contribution in [3.8, 4) is 0 Å². The quantitative estimate of drug-likeness (QED) is 0.439. The minimum absolute atomic E-state index is 0.0665. The Balaban J connectivity index is 1.42. The van der Waals surface area contributed by atoms with Crippen LogP contribution in [0.25, 0.3) is 5.57 Å². The van der Waals surface area contributed by atoms with Crippen molar-refractivity contribution in [3.05, 3.63) is 102 Å². The van der Waals surface area contributed by atoms with E-state index >= 15 is 0 Å². The molecular weight excluding hydrogens is 512 g/mol. The Labute approximate surface area is 243 Å². The van der Waals surface area contributed by atoms with Gasteiger partial charge in [-0.25, -0.2) is 4.79 Å². The molecule has 41 heavy (non-hydrogen) atoms. The predicted octanol–water partition coefficient (Wildman–Crippen LogP) is 6.11. The fourth-order valence-electron chi connectivity index (χ4n) is 7.43. The SMILES string of the molecule is C=CCC(=O)N1CCC(C(=O)N2CC=C3C(C)(C)C(c4ccc(C(=O)O)cc4)=CC[C@]3(C)C2)(c2ccccc2)CC1. The third kappa shape index (κ3) is 5.05. The lowest BCUT2D eigenvalue weighted by molar-refractivity contribution is -0.143. The number of carboxylic acids is 1. The summed E-state index contributed by atoms with van der Waals surface area (Å²) in [6.45, 7) is 12.7. The van der Waals surface area contributed by atoms with Gasteiger partial charge in [0.1, 0.15) is 0 Å². The van der Waals surface area contributed by atoms with E-state index in [0.29, 0.717) is 45.4 Å². The van der Waals surface area contributed by atoms with Crippen LogP contribution in [0.4, 0.5) is 0 Å². The highest BCUT2D eigenvalue weighted by Gasteiger charge is 2.50. The van der Waals surface area contributed by atoms with Gasteiger partial charge in [-0.15, -0.1) is 6.58 Å². The van der Waals surface area contributed by atoms with Gasteiger partial charge in [0.25, 0.3) is 0 Å². The number of fused-ring (bicyclic) bond motifs is 1. The van der Waals surface area contributed by atoms with Gasteiger partial charge < -0.3 is 14.9 Å². The maximum Gasteiger partial charge on any atom is 0.335 e. The molecule has 1 aliphatic carbocycles. The summed E-state index contributed by atoms with van der Waals surface area (Å²) in [5, 5.41) is 9.31. The molecule has 1 fully saturated rings. The van der Waals surface area contributed by atoms with Crippen molar-refractivity contribution in [1.82, 2.24) is 9.80 Å². The van der Waals surface area contributed by atoms with Gasteiger partial charge in [-0.2, -0.15) is 0 Å². The molecule has 0 aromatic heterocycles. The molecule has 2 aromatic carbocycles. The van der Waals surface area contributed by atoms with Crippen molar-refractivity contribution in [2.45, 2.75) is 51.9 Å². The summed E-state index contributed by atoms with van der Waals surface area (Å²) in [6, 6.07) is 17.2. The van der Waals surface area contributed by atoms with E-state index in [1.54, 1.807) is 18.2 Å². The fourth-order valence-corrected chi connectivity index (χ4v) is 7.43. The van der Waals surface area contributed by atoms with E-state index in [1.807, 2.05) is 40.1 Å². The molecule has 5 rings (SSSR count). The molecule has 3 aliphatic rings. The van der Waals surface area contributed by atoms with Crippen molar-refractivity contribution in [2.24, 2.45) is 10.8 Å². The number of piperidine rings is 1. The molecule has 2 aromatic rings. The van der Waals surface area contributed by atoms with Gasteiger partial charge in [0, 0.05) is 43.4 Å². The van der Waals surface area contributed by atoms with Gasteiger partial charge in [-0.05, 0) is 48.1 Å². The number of carbonyl (C=O) groups is 3. The lowest BCUT2D eigenvalue weighted by Crippen LogP contribution is -2.57. The van der Waals surface area contributed by atoms with Crippen LogP contribution in [0.15, 0.2) is 85.0 Å². The molecule has 2 amide bonds. The molecule has 6 nitrogen and oxygen atoms in total. The van der Waals surface area contributed by atoms with E-state index in [-0.39, 0.29) is 28.2 Å². The Morgan fingerprint density at radius 1 is 0.927 bits per heavy atom. The first-order valence-corrected chi connectivity index (χ1v) is 14.5. The Hall–Kier alpha value is -3.93. The Bertz CT molecular complexity index is 1410. The van der Waals surface area contributed by atoms with Crippen molar-refractivity contribution < 1.29 is 19.5 Å². The average Bonchev–Trinajstić information content (AvgIpc) is 2.97. The molecule has 2 aliphatic heterocycles. The zero-order chi connectivity index (χ0) is 29.4. The van der Waals surface area contributed by atoms with Gasteiger partial charge in [0.05, 0.1) is 11.0 Å². The molecule has 6 heteroatoms. The molecule has 1 N–H and O–H groups in total. The first kappa shape index (κ1) is 28.6. The molecular formula is C35H40N2O4. The highest BCUT2D eigenvalue weighted by atomic mass is 16.4. The summed E-state index contributed by atoms with van der Waals surface area (Å²) < 4.78 is 0. The average molecular weight is 553 g/mol.